The van der Waals surface area contributed by atoms with Crippen LogP contribution in [0, 0.1) is 10.8 Å². The quantitative estimate of drug-likeness (QED) is 0.328. The van der Waals surface area contributed by atoms with Crippen LogP contribution in [-0.2, 0) is 9.53 Å². The number of hydrogen-bond donors (Lipinski definition) is 1. The lowest BCUT2D eigenvalue weighted by atomic mass is 9.67. The van der Waals surface area contributed by atoms with Crippen LogP contribution in [0.4, 0.5) is 26.3 Å². The van der Waals surface area contributed by atoms with Crippen LogP contribution in [0.25, 0.3) is 0 Å². The minimum absolute atomic E-state index is 0.599. The van der Waals surface area contributed by atoms with Crippen LogP contribution >= 0.6 is 0 Å². The van der Waals surface area contributed by atoms with E-state index in [-0.39, 0.29) is 0 Å². The average molecular weight is 376 g/mol. The van der Waals surface area contributed by atoms with Gasteiger partial charge >= 0.3 is 23.9 Å². The zero-order valence-electron chi connectivity index (χ0n) is 14.8. The molecule has 25 heavy (non-hydrogen) atoms. The summed E-state index contributed by atoms with van der Waals surface area (Å²) in [6.07, 6.45) is -11.0. The number of alkyl halides is 6. The molecule has 0 fully saturated rings. The number of allylic oxidation sites excluding steroid dienone is 1. The number of aliphatic hydroxyl groups is 1. The van der Waals surface area contributed by atoms with Crippen molar-refractivity contribution >= 4 is 5.97 Å². The van der Waals surface area contributed by atoms with E-state index in [0.29, 0.717) is 5.57 Å². The normalized spacial score (nSPS) is 16.0. The Labute approximate surface area is 142 Å². The fourth-order valence-corrected chi connectivity index (χ4v) is 1.93. The van der Waals surface area contributed by atoms with Gasteiger partial charge in [-0.05, 0) is 26.2 Å². The molecule has 0 bridgehead atoms. The van der Waals surface area contributed by atoms with Gasteiger partial charge in [-0.2, -0.15) is 26.3 Å². The first-order chi connectivity index (χ1) is 10.7. The Balaban J connectivity index is 6.03. The van der Waals surface area contributed by atoms with Crippen LogP contribution in [0.2, 0.25) is 0 Å². The molecule has 0 saturated heterocycles. The maximum absolute atomic E-state index is 12.8. The second kappa shape index (κ2) is 6.66. The first kappa shape index (κ1) is 23.5. The van der Waals surface area contributed by atoms with Gasteiger partial charge in [0.1, 0.15) is 0 Å². The van der Waals surface area contributed by atoms with Gasteiger partial charge in [0.05, 0.1) is 5.41 Å². The Morgan fingerprint density at radius 1 is 0.960 bits per heavy atom. The Hall–Kier alpha value is -1.51. The Kier molecular flexibility index (Phi) is 6.26. The van der Waals surface area contributed by atoms with Gasteiger partial charge in [-0.3, -0.25) is 4.79 Å². The highest BCUT2D eigenvalue weighted by Gasteiger charge is 2.74. The highest BCUT2D eigenvalue weighted by molar-refractivity contribution is 5.81. The number of carbonyl (C=O) groups is 1. The lowest BCUT2D eigenvalue weighted by molar-refractivity contribution is -0.360. The average Bonchev–Trinajstić information content (AvgIpc) is 2.32. The van der Waals surface area contributed by atoms with Crippen molar-refractivity contribution < 1.29 is 41.0 Å². The molecule has 0 rings (SSSR count). The van der Waals surface area contributed by atoms with Crippen LogP contribution in [0.3, 0.4) is 0 Å². The summed E-state index contributed by atoms with van der Waals surface area (Å²) in [4.78, 5) is 12.4. The predicted molar refractivity (Wildman–Crippen MR) is 79.3 cm³/mol. The summed E-state index contributed by atoms with van der Waals surface area (Å²) in [5, 5.41) is 9.21. The molecular formula is C16H22F6O3. The van der Waals surface area contributed by atoms with Crippen LogP contribution in [0.15, 0.2) is 24.0 Å². The molecule has 0 aromatic heterocycles. The molecule has 0 radical (unpaired) electrons. The third-order valence-electron chi connectivity index (χ3n) is 4.00. The summed E-state index contributed by atoms with van der Waals surface area (Å²) in [7, 11) is 0. The third kappa shape index (κ3) is 4.37. The molecule has 0 aliphatic rings. The standard InChI is InChI=1S/C16H22F6O3/c1-9(2)8-13(7,12(4,5)6)11(23)25-10(3)14(24,15(17,18)19)16(20,21)22/h8,24H,3H2,1-2,4-7H3. The topological polar surface area (TPSA) is 46.5 Å². The largest absolute Gasteiger partial charge is 0.433 e. The van der Waals surface area contributed by atoms with Crippen molar-refractivity contribution in [2.45, 2.75) is 59.5 Å². The maximum Gasteiger partial charge on any atom is 0.433 e. The summed E-state index contributed by atoms with van der Waals surface area (Å²) in [5.74, 6) is -3.53. The Morgan fingerprint density at radius 3 is 1.56 bits per heavy atom. The molecule has 0 saturated carbocycles. The second-order valence-corrected chi connectivity index (χ2v) is 7.19. The number of ether oxygens (including phenoxy) is 1. The molecule has 9 heteroatoms. The molecule has 1 N–H and O–H groups in total. The van der Waals surface area contributed by atoms with Crippen molar-refractivity contribution in [1.82, 2.24) is 0 Å². The molecular weight excluding hydrogens is 354 g/mol. The van der Waals surface area contributed by atoms with E-state index in [9.17, 15) is 36.2 Å². The fourth-order valence-electron chi connectivity index (χ4n) is 1.93. The van der Waals surface area contributed by atoms with Gasteiger partial charge in [0.25, 0.3) is 0 Å². The lowest BCUT2D eigenvalue weighted by Crippen LogP contribution is -2.59. The summed E-state index contributed by atoms with van der Waals surface area (Å²) in [5.41, 5.74) is -7.23. The molecule has 146 valence electrons. The molecule has 3 nitrogen and oxygen atoms in total. The third-order valence-corrected chi connectivity index (χ3v) is 4.00. The molecule has 0 aromatic rings. The van der Waals surface area contributed by atoms with Crippen molar-refractivity contribution in [3.63, 3.8) is 0 Å². The molecule has 1 atom stereocenters. The maximum atomic E-state index is 12.8. The summed E-state index contributed by atoms with van der Waals surface area (Å²) >= 11 is 0. The predicted octanol–water partition coefficient (Wildman–Crippen LogP) is 4.92. The molecule has 0 aliphatic carbocycles. The molecule has 0 aromatic carbocycles. The van der Waals surface area contributed by atoms with Crippen molar-refractivity contribution in [2.24, 2.45) is 10.8 Å². The molecule has 0 spiro atoms. The van der Waals surface area contributed by atoms with Crippen LogP contribution in [0.1, 0.15) is 41.5 Å². The van der Waals surface area contributed by atoms with Gasteiger partial charge in [-0.25, -0.2) is 0 Å². The number of rotatable bonds is 4. The smallest absolute Gasteiger partial charge is 0.427 e. The lowest BCUT2D eigenvalue weighted by Gasteiger charge is -2.39. The Bertz CT molecular complexity index is 548. The number of halogens is 6. The van der Waals surface area contributed by atoms with Gasteiger partial charge in [0, 0.05) is 0 Å². The van der Waals surface area contributed by atoms with E-state index >= 15 is 0 Å². The van der Waals surface area contributed by atoms with E-state index in [4.69, 9.17) is 0 Å². The van der Waals surface area contributed by atoms with E-state index < -0.39 is 40.5 Å². The molecule has 0 heterocycles. The van der Waals surface area contributed by atoms with Crippen LogP contribution in [0.5, 0.6) is 0 Å². The van der Waals surface area contributed by atoms with Crippen molar-refractivity contribution in [2.75, 3.05) is 0 Å². The van der Waals surface area contributed by atoms with Gasteiger partial charge in [0.15, 0.2) is 5.76 Å². The van der Waals surface area contributed by atoms with E-state index in [1.807, 2.05) is 0 Å². The molecule has 0 aliphatic heterocycles. The van der Waals surface area contributed by atoms with E-state index in [0.717, 1.165) is 0 Å². The first-order valence-electron chi connectivity index (χ1n) is 7.15. The van der Waals surface area contributed by atoms with Crippen LogP contribution < -0.4 is 0 Å². The van der Waals surface area contributed by atoms with Gasteiger partial charge in [-0.1, -0.05) is 39.0 Å². The minimum Gasteiger partial charge on any atom is -0.427 e. The summed E-state index contributed by atoms with van der Waals surface area (Å²) in [6.45, 7) is 11.7. The number of carbonyl (C=O) groups excluding carboxylic acids is 1. The number of hydrogen-bond acceptors (Lipinski definition) is 3. The van der Waals surface area contributed by atoms with Crippen molar-refractivity contribution in [3.05, 3.63) is 24.0 Å². The Morgan fingerprint density at radius 2 is 1.32 bits per heavy atom. The fraction of sp³-hybridized carbons (Fsp3) is 0.688. The van der Waals surface area contributed by atoms with Crippen molar-refractivity contribution in [1.29, 1.82) is 0 Å². The SMILES string of the molecule is C=C(OC(=O)C(C)(C=C(C)C)C(C)(C)C)C(O)(C(F)(F)F)C(F)(F)F. The summed E-state index contributed by atoms with van der Waals surface area (Å²) in [6, 6.07) is 0. The first-order valence-corrected chi connectivity index (χ1v) is 7.15. The molecule has 0 amide bonds. The highest BCUT2D eigenvalue weighted by Crippen LogP contribution is 2.49. The van der Waals surface area contributed by atoms with E-state index in [1.165, 1.54) is 13.0 Å². The summed E-state index contributed by atoms with van der Waals surface area (Å²) < 4.78 is 81.1. The van der Waals surface area contributed by atoms with E-state index in [1.54, 1.807) is 34.6 Å². The van der Waals surface area contributed by atoms with Gasteiger partial charge in [0.2, 0.25) is 0 Å². The van der Waals surface area contributed by atoms with E-state index in [2.05, 4.69) is 11.3 Å². The van der Waals surface area contributed by atoms with Crippen molar-refractivity contribution in [3.8, 4) is 0 Å². The number of esters is 1. The monoisotopic (exact) mass is 376 g/mol. The van der Waals surface area contributed by atoms with Crippen LogP contribution in [-0.4, -0.2) is 29.0 Å². The molecule has 1 unspecified atom stereocenters. The van der Waals surface area contributed by atoms with Gasteiger partial charge in [-0.15, -0.1) is 0 Å². The second-order valence-electron chi connectivity index (χ2n) is 7.19. The zero-order chi connectivity index (χ0) is 20.6. The highest BCUT2D eigenvalue weighted by atomic mass is 19.4. The van der Waals surface area contributed by atoms with Gasteiger partial charge < -0.3 is 9.84 Å². The minimum atomic E-state index is -6.17. The zero-order valence-corrected chi connectivity index (χ0v) is 14.8.